The van der Waals surface area contributed by atoms with E-state index in [0.717, 1.165) is 12.3 Å². The maximum atomic E-state index is 8.72. The molecule has 0 radical (unpaired) electrons. The summed E-state index contributed by atoms with van der Waals surface area (Å²) in [5.74, 6) is 0.825. The molecule has 2 atom stereocenters. The molecule has 1 aliphatic rings. The molecule has 3 heteroatoms. The first kappa shape index (κ1) is 14.9. The minimum Gasteiger partial charge on any atom is -0.396 e. The van der Waals surface area contributed by atoms with E-state index in [-0.39, 0.29) is 0 Å². The van der Waals surface area contributed by atoms with E-state index < -0.39 is 0 Å². The SMILES string of the molecule is CNC(C)C1CCCN(CCCCCCO)C1. The number of aliphatic hydroxyl groups is 1. The van der Waals surface area contributed by atoms with Gasteiger partial charge in [0.1, 0.15) is 0 Å². The van der Waals surface area contributed by atoms with Gasteiger partial charge in [0, 0.05) is 19.2 Å². The third kappa shape index (κ3) is 5.84. The number of nitrogens with one attached hydrogen (secondary N) is 1. The summed E-state index contributed by atoms with van der Waals surface area (Å²) in [5.41, 5.74) is 0. The minimum atomic E-state index is 0.353. The Morgan fingerprint density at radius 3 is 2.76 bits per heavy atom. The highest BCUT2D eigenvalue weighted by molar-refractivity contribution is 4.79. The monoisotopic (exact) mass is 242 g/mol. The zero-order valence-corrected chi connectivity index (χ0v) is 11.6. The molecule has 0 spiro atoms. The predicted molar refractivity (Wildman–Crippen MR) is 73.2 cm³/mol. The largest absolute Gasteiger partial charge is 0.396 e. The quantitative estimate of drug-likeness (QED) is 0.638. The van der Waals surface area contributed by atoms with Gasteiger partial charge in [-0.2, -0.15) is 0 Å². The van der Waals surface area contributed by atoms with Crippen molar-refractivity contribution in [3.63, 3.8) is 0 Å². The standard InChI is InChI=1S/C14H30N2O/c1-13(15-2)14-8-7-10-16(12-14)9-5-3-4-6-11-17/h13-15,17H,3-12H2,1-2H3. The smallest absolute Gasteiger partial charge is 0.0431 e. The Labute approximate surface area is 107 Å². The van der Waals surface area contributed by atoms with Crippen LogP contribution in [0.2, 0.25) is 0 Å². The molecule has 1 heterocycles. The molecule has 3 nitrogen and oxygen atoms in total. The van der Waals surface area contributed by atoms with Crippen LogP contribution in [-0.4, -0.2) is 49.3 Å². The molecule has 0 bridgehead atoms. The van der Waals surface area contributed by atoms with Gasteiger partial charge >= 0.3 is 0 Å². The van der Waals surface area contributed by atoms with Crippen molar-refractivity contribution in [2.45, 2.75) is 51.5 Å². The minimum absolute atomic E-state index is 0.353. The molecule has 1 saturated heterocycles. The Bertz CT molecular complexity index is 187. The lowest BCUT2D eigenvalue weighted by Gasteiger charge is -2.35. The summed E-state index contributed by atoms with van der Waals surface area (Å²) in [7, 11) is 2.07. The highest BCUT2D eigenvalue weighted by Crippen LogP contribution is 2.20. The molecule has 1 fully saturated rings. The van der Waals surface area contributed by atoms with Crippen LogP contribution in [0.3, 0.4) is 0 Å². The first-order valence-electron chi connectivity index (χ1n) is 7.28. The average Bonchev–Trinajstić information content (AvgIpc) is 2.38. The Balaban J connectivity index is 2.12. The van der Waals surface area contributed by atoms with Crippen molar-refractivity contribution >= 4 is 0 Å². The highest BCUT2D eigenvalue weighted by atomic mass is 16.2. The second-order valence-corrected chi connectivity index (χ2v) is 5.42. The molecule has 0 amide bonds. The number of likely N-dealkylation sites (tertiary alicyclic amines) is 1. The van der Waals surface area contributed by atoms with Gasteiger partial charge in [-0.25, -0.2) is 0 Å². The van der Waals surface area contributed by atoms with Crippen LogP contribution in [0.1, 0.15) is 45.4 Å². The van der Waals surface area contributed by atoms with E-state index in [1.807, 2.05) is 0 Å². The van der Waals surface area contributed by atoms with Gasteiger partial charge < -0.3 is 15.3 Å². The summed E-state index contributed by atoms with van der Waals surface area (Å²) >= 11 is 0. The van der Waals surface area contributed by atoms with Crippen molar-refractivity contribution in [1.29, 1.82) is 0 Å². The summed E-state index contributed by atoms with van der Waals surface area (Å²) in [4.78, 5) is 2.63. The second-order valence-electron chi connectivity index (χ2n) is 5.42. The van der Waals surface area contributed by atoms with Crippen LogP contribution in [-0.2, 0) is 0 Å². The first-order valence-corrected chi connectivity index (χ1v) is 7.28. The van der Waals surface area contributed by atoms with E-state index in [9.17, 15) is 0 Å². The molecule has 17 heavy (non-hydrogen) atoms. The number of aliphatic hydroxyl groups excluding tert-OH is 1. The van der Waals surface area contributed by atoms with Gasteiger partial charge in [-0.1, -0.05) is 12.8 Å². The van der Waals surface area contributed by atoms with Crippen LogP contribution >= 0.6 is 0 Å². The van der Waals surface area contributed by atoms with Crippen LogP contribution < -0.4 is 5.32 Å². The molecule has 0 aliphatic carbocycles. The molecule has 0 aromatic carbocycles. The third-order valence-corrected chi connectivity index (χ3v) is 4.09. The van der Waals surface area contributed by atoms with Crippen LogP contribution in [0.4, 0.5) is 0 Å². The van der Waals surface area contributed by atoms with Crippen LogP contribution in [0.5, 0.6) is 0 Å². The van der Waals surface area contributed by atoms with Crippen molar-refractivity contribution in [3.05, 3.63) is 0 Å². The van der Waals surface area contributed by atoms with Gasteiger partial charge in [0.2, 0.25) is 0 Å². The molecule has 1 rings (SSSR count). The summed E-state index contributed by atoms with van der Waals surface area (Å²) < 4.78 is 0. The molecule has 2 N–H and O–H groups in total. The number of hydrogen-bond donors (Lipinski definition) is 2. The van der Waals surface area contributed by atoms with E-state index in [2.05, 4.69) is 24.2 Å². The number of nitrogens with zero attached hydrogens (tertiary/aromatic N) is 1. The molecule has 1 aliphatic heterocycles. The van der Waals surface area contributed by atoms with Crippen molar-refractivity contribution in [1.82, 2.24) is 10.2 Å². The van der Waals surface area contributed by atoms with Gasteiger partial charge in [0.15, 0.2) is 0 Å². The van der Waals surface area contributed by atoms with Crippen molar-refractivity contribution < 1.29 is 5.11 Å². The molecule has 0 aromatic heterocycles. The second kappa shape index (κ2) is 8.90. The van der Waals surface area contributed by atoms with Crippen LogP contribution in [0.25, 0.3) is 0 Å². The molecule has 0 aromatic rings. The Morgan fingerprint density at radius 1 is 1.29 bits per heavy atom. The molecular formula is C14H30N2O. The lowest BCUT2D eigenvalue weighted by molar-refractivity contribution is 0.150. The zero-order chi connectivity index (χ0) is 12.5. The van der Waals surface area contributed by atoms with Gasteiger partial charge in [0.05, 0.1) is 0 Å². The van der Waals surface area contributed by atoms with Crippen molar-refractivity contribution in [2.24, 2.45) is 5.92 Å². The van der Waals surface area contributed by atoms with E-state index in [1.165, 1.54) is 51.7 Å². The lowest BCUT2D eigenvalue weighted by Crippen LogP contribution is -2.43. The maximum absolute atomic E-state index is 8.72. The van der Waals surface area contributed by atoms with Gasteiger partial charge in [0.25, 0.3) is 0 Å². The normalized spacial score (nSPS) is 23.8. The number of piperidine rings is 1. The Morgan fingerprint density at radius 2 is 2.06 bits per heavy atom. The maximum Gasteiger partial charge on any atom is 0.0431 e. The van der Waals surface area contributed by atoms with E-state index in [4.69, 9.17) is 5.11 Å². The Hall–Kier alpha value is -0.120. The van der Waals surface area contributed by atoms with Gasteiger partial charge in [-0.15, -0.1) is 0 Å². The summed E-state index contributed by atoms with van der Waals surface area (Å²) in [6, 6.07) is 0.646. The summed E-state index contributed by atoms with van der Waals surface area (Å²) in [5, 5.41) is 12.1. The van der Waals surface area contributed by atoms with E-state index >= 15 is 0 Å². The summed E-state index contributed by atoms with van der Waals surface area (Å²) in [6.45, 7) is 6.45. The number of unbranched alkanes of at least 4 members (excludes halogenated alkanes) is 3. The van der Waals surface area contributed by atoms with Crippen LogP contribution in [0.15, 0.2) is 0 Å². The highest BCUT2D eigenvalue weighted by Gasteiger charge is 2.23. The van der Waals surface area contributed by atoms with Crippen molar-refractivity contribution in [3.8, 4) is 0 Å². The van der Waals surface area contributed by atoms with Gasteiger partial charge in [-0.05, 0) is 58.7 Å². The van der Waals surface area contributed by atoms with Crippen LogP contribution in [0, 0.1) is 5.92 Å². The van der Waals surface area contributed by atoms with Gasteiger partial charge in [-0.3, -0.25) is 0 Å². The number of hydrogen-bond acceptors (Lipinski definition) is 3. The molecule has 0 saturated carbocycles. The Kier molecular flexibility index (Phi) is 7.82. The van der Waals surface area contributed by atoms with Crippen molar-refractivity contribution in [2.75, 3.05) is 33.3 Å². The number of rotatable bonds is 8. The first-order chi connectivity index (χ1) is 8.27. The lowest BCUT2D eigenvalue weighted by atomic mass is 9.91. The fraction of sp³-hybridized carbons (Fsp3) is 1.00. The average molecular weight is 242 g/mol. The fourth-order valence-corrected chi connectivity index (χ4v) is 2.74. The molecule has 102 valence electrons. The molecule has 2 unspecified atom stereocenters. The van der Waals surface area contributed by atoms with E-state index in [1.54, 1.807) is 0 Å². The summed E-state index contributed by atoms with van der Waals surface area (Å²) in [6.07, 6.45) is 7.44. The molecular weight excluding hydrogens is 212 g/mol. The topological polar surface area (TPSA) is 35.5 Å². The fourth-order valence-electron chi connectivity index (χ4n) is 2.74. The van der Waals surface area contributed by atoms with E-state index in [0.29, 0.717) is 12.6 Å². The predicted octanol–water partition coefficient (Wildman–Crippen LogP) is 1.86. The third-order valence-electron chi connectivity index (χ3n) is 4.09. The zero-order valence-electron chi connectivity index (χ0n) is 11.6.